The quantitative estimate of drug-likeness (QED) is 0.174. The smallest absolute Gasteiger partial charge is 0.222 e. The number of ether oxygens (including phenoxy) is 1. The fourth-order valence-corrected chi connectivity index (χ4v) is 4.88. The van der Waals surface area contributed by atoms with Gasteiger partial charge in [0.1, 0.15) is 11.4 Å². The Hall–Kier alpha value is -2.44. The van der Waals surface area contributed by atoms with Crippen LogP contribution < -0.4 is 10.6 Å². The van der Waals surface area contributed by atoms with Crippen molar-refractivity contribution in [2.24, 2.45) is 0 Å². The van der Waals surface area contributed by atoms with Gasteiger partial charge in [-0.05, 0) is 50.5 Å². The van der Waals surface area contributed by atoms with E-state index in [0.29, 0.717) is 42.5 Å². The number of piperidine rings is 1. The molecule has 10 heteroatoms. The van der Waals surface area contributed by atoms with Crippen LogP contribution in [0.5, 0.6) is 5.75 Å². The van der Waals surface area contributed by atoms with Crippen molar-refractivity contribution in [3.63, 3.8) is 0 Å². The van der Waals surface area contributed by atoms with Gasteiger partial charge in [-0.25, -0.2) is 4.98 Å². The third-order valence-corrected chi connectivity index (χ3v) is 7.04. The summed E-state index contributed by atoms with van der Waals surface area (Å²) >= 11 is 2.13. The van der Waals surface area contributed by atoms with Crippen LogP contribution in [0.25, 0.3) is 11.0 Å². The zero-order valence-corrected chi connectivity index (χ0v) is 23.1. The summed E-state index contributed by atoms with van der Waals surface area (Å²) < 4.78 is 7.95. The predicted molar refractivity (Wildman–Crippen MR) is 150 cm³/mol. The van der Waals surface area contributed by atoms with Crippen molar-refractivity contribution in [3.8, 4) is 5.75 Å². The number of pyridine rings is 1. The summed E-state index contributed by atoms with van der Waals surface area (Å²) in [5.41, 5.74) is 4.61. The number of imidazole rings is 1. The van der Waals surface area contributed by atoms with E-state index >= 15 is 0 Å². The van der Waals surface area contributed by atoms with Gasteiger partial charge in [0.2, 0.25) is 11.9 Å². The average molecular weight is 607 g/mol. The van der Waals surface area contributed by atoms with E-state index in [4.69, 9.17) is 9.72 Å². The second-order valence-corrected chi connectivity index (χ2v) is 9.88. The lowest BCUT2D eigenvalue weighted by atomic mass is 10.1. The molecule has 36 heavy (non-hydrogen) atoms. The van der Waals surface area contributed by atoms with Gasteiger partial charge < -0.3 is 29.9 Å². The van der Waals surface area contributed by atoms with Crippen molar-refractivity contribution in [1.29, 1.82) is 0 Å². The Kier molecular flexibility index (Phi) is 9.38. The largest absolute Gasteiger partial charge is 0.506 e. The van der Waals surface area contributed by atoms with Crippen LogP contribution in [-0.2, 0) is 16.1 Å². The number of nitrogens with one attached hydrogen (secondary N) is 2. The van der Waals surface area contributed by atoms with Crippen molar-refractivity contribution in [2.75, 3.05) is 42.7 Å². The molecule has 0 atom stereocenters. The summed E-state index contributed by atoms with van der Waals surface area (Å²) in [6, 6.07) is 9.99. The number of fused-ring (bicyclic) bond motifs is 1. The van der Waals surface area contributed by atoms with Gasteiger partial charge in [0.15, 0.2) is 0 Å². The number of benzene rings is 1. The van der Waals surface area contributed by atoms with Crippen LogP contribution >= 0.6 is 22.6 Å². The number of aryl methyl sites for hydroxylation is 2. The molecule has 0 aliphatic carbocycles. The summed E-state index contributed by atoms with van der Waals surface area (Å²) in [5, 5.41) is 17.1. The van der Waals surface area contributed by atoms with E-state index in [2.05, 4.69) is 66.7 Å². The van der Waals surface area contributed by atoms with Crippen LogP contribution in [0.1, 0.15) is 36.2 Å². The molecule has 1 fully saturated rings. The molecule has 0 unspecified atom stereocenters. The number of hydrogen-bond acceptors (Lipinski definition) is 7. The fourth-order valence-electron chi connectivity index (χ4n) is 4.57. The molecule has 0 radical (unpaired) electrons. The van der Waals surface area contributed by atoms with E-state index < -0.39 is 0 Å². The number of carbonyl (C=O) groups excluding carboxylic acids is 1. The first-order chi connectivity index (χ1) is 17.4. The summed E-state index contributed by atoms with van der Waals surface area (Å²) in [4.78, 5) is 23.8. The van der Waals surface area contributed by atoms with Crippen molar-refractivity contribution in [1.82, 2.24) is 24.8 Å². The van der Waals surface area contributed by atoms with E-state index in [1.54, 1.807) is 6.07 Å². The van der Waals surface area contributed by atoms with Gasteiger partial charge in [-0.1, -0.05) is 34.7 Å². The number of para-hydroxylation sites is 1. The molecule has 1 aliphatic heterocycles. The van der Waals surface area contributed by atoms with Gasteiger partial charge in [0.25, 0.3) is 0 Å². The van der Waals surface area contributed by atoms with Gasteiger partial charge in [0.05, 0.1) is 28.8 Å². The monoisotopic (exact) mass is 606 g/mol. The second kappa shape index (κ2) is 12.7. The van der Waals surface area contributed by atoms with Crippen molar-refractivity contribution < 1.29 is 14.6 Å². The van der Waals surface area contributed by atoms with Crippen molar-refractivity contribution in [2.45, 2.75) is 45.7 Å². The van der Waals surface area contributed by atoms with Crippen LogP contribution in [-0.4, -0.2) is 73.9 Å². The third kappa shape index (κ3) is 6.86. The first kappa shape index (κ1) is 26.6. The molecule has 9 nitrogen and oxygen atoms in total. The molecule has 1 saturated heterocycles. The highest BCUT2D eigenvalue weighted by Crippen LogP contribution is 2.27. The maximum Gasteiger partial charge on any atom is 0.222 e. The Morgan fingerprint density at radius 2 is 2.00 bits per heavy atom. The Balaban J connectivity index is 1.37. The van der Waals surface area contributed by atoms with Crippen LogP contribution in [0, 0.1) is 13.8 Å². The number of amides is 1. The summed E-state index contributed by atoms with van der Waals surface area (Å²) in [5.74, 6) is 1.04. The molecule has 0 saturated carbocycles. The van der Waals surface area contributed by atoms with Crippen LogP contribution in [0.15, 0.2) is 30.3 Å². The molecular weight excluding hydrogens is 571 g/mol. The van der Waals surface area contributed by atoms with Crippen LogP contribution in [0.3, 0.4) is 0 Å². The minimum atomic E-state index is 0.0414. The SMILES string of the molecule is Cc1ccc(O)c(Cn2c(NC3CCN(CCNC(=O)CCOCI)CC3)nc3c(C)cccc32)n1. The van der Waals surface area contributed by atoms with Crippen LogP contribution in [0.4, 0.5) is 5.95 Å². The highest BCUT2D eigenvalue weighted by Gasteiger charge is 2.22. The molecule has 3 aromatic rings. The third-order valence-electron chi connectivity index (χ3n) is 6.60. The van der Waals surface area contributed by atoms with Crippen molar-refractivity contribution >= 4 is 45.5 Å². The number of anilines is 1. The Labute approximate surface area is 225 Å². The van der Waals surface area contributed by atoms with Crippen molar-refractivity contribution in [3.05, 3.63) is 47.3 Å². The fraction of sp³-hybridized carbons (Fsp3) is 0.500. The first-order valence-electron chi connectivity index (χ1n) is 12.4. The zero-order valence-electron chi connectivity index (χ0n) is 21.0. The average Bonchev–Trinajstić information content (AvgIpc) is 3.21. The highest BCUT2D eigenvalue weighted by molar-refractivity contribution is 14.1. The molecule has 3 heterocycles. The Morgan fingerprint density at radius 3 is 2.78 bits per heavy atom. The molecule has 194 valence electrons. The zero-order chi connectivity index (χ0) is 25.5. The van der Waals surface area contributed by atoms with Gasteiger partial charge in [-0.15, -0.1) is 0 Å². The second-order valence-electron chi connectivity index (χ2n) is 9.26. The van der Waals surface area contributed by atoms with E-state index in [0.717, 1.165) is 60.7 Å². The van der Waals surface area contributed by atoms with Gasteiger partial charge in [-0.3, -0.25) is 9.78 Å². The summed E-state index contributed by atoms with van der Waals surface area (Å²) in [7, 11) is 0. The number of halogens is 1. The van der Waals surface area contributed by atoms with E-state index in [1.165, 1.54) is 0 Å². The number of hydrogen-bond donors (Lipinski definition) is 3. The Morgan fingerprint density at radius 1 is 1.19 bits per heavy atom. The normalized spacial score (nSPS) is 14.9. The maximum atomic E-state index is 11.9. The predicted octanol–water partition coefficient (Wildman–Crippen LogP) is 3.59. The number of nitrogens with zero attached hydrogens (tertiary/aromatic N) is 4. The molecule has 2 aromatic heterocycles. The van der Waals surface area contributed by atoms with E-state index in [1.807, 2.05) is 19.1 Å². The standard InChI is InChI=1S/C26H35IN6O3/c1-18-4-3-5-22-25(18)31-26(33(22)16-21-23(34)7-6-19(2)29-21)30-20-8-12-32(13-9-20)14-11-28-24(35)10-15-36-17-27/h3-7,20,34H,8-17H2,1-2H3,(H,28,35)(H,30,31). The summed E-state index contributed by atoms with van der Waals surface area (Å²) in [6.45, 7) is 8.34. The maximum absolute atomic E-state index is 11.9. The number of likely N-dealkylation sites (tertiary alicyclic amines) is 1. The number of rotatable bonds is 11. The van der Waals surface area contributed by atoms with Gasteiger partial charge in [0, 0.05) is 44.3 Å². The lowest BCUT2D eigenvalue weighted by molar-refractivity contribution is -0.122. The molecule has 4 rings (SSSR count). The molecule has 1 aliphatic rings. The number of carbonyl (C=O) groups is 1. The molecule has 3 N–H and O–H groups in total. The first-order valence-corrected chi connectivity index (χ1v) is 14.0. The number of aromatic hydroxyl groups is 1. The molecular formula is C26H35IN6O3. The molecule has 0 spiro atoms. The topological polar surface area (TPSA) is 105 Å². The van der Waals surface area contributed by atoms with E-state index in [-0.39, 0.29) is 11.7 Å². The molecule has 0 bridgehead atoms. The summed E-state index contributed by atoms with van der Waals surface area (Å²) in [6.07, 6.45) is 2.40. The van der Waals surface area contributed by atoms with Gasteiger partial charge in [-0.2, -0.15) is 0 Å². The number of alkyl halides is 1. The van der Waals surface area contributed by atoms with Crippen LogP contribution in [0.2, 0.25) is 0 Å². The minimum absolute atomic E-state index is 0.0414. The highest BCUT2D eigenvalue weighted by atomic mass is 127. The lowest BCUT2D eigenvalue weighted by Gasteiger charge is -2.32. The number of aromatic nitrogens is 3. The van der Waals surface area contributed by atoms with Gasteiger partial charge >= 0.3 is 0 Å². The lowest BCUT2D eigenvalue weighted by Crippen LogP contribution is -2.43. The molecule has 1 amide bonds. The minimum Gasteiger partial charge on any atom is -0.506 e. The molecule has 1 aromatic carbocycles. The Bertz CT molecular complexity index is 1180. The van der Waals surface area contributed by atoms with E-state index in [9.17, 15) is 9.90 Å².